The number of anilines is 1. The maximum absolute atomic E-state index is 14.0. The molecule has 0 atom stereocenters. The van der Waals surface area contributed by atoms with Crippen molar-refractivity contribution in [1.29, 1.82) is 0 Å². The van der Waals surface area contributed by atoms with E-state index in [4.69, 9.17) is 32.2 Å². The minimum atomic E-state index is -4.36. The fraction of sp³-hybridized carbons (Fsp3) is 0. The molecule has 0 saturated heterocycles. The molecule has 0 aliphatic rings. The van der Waals surface area contributed by atoms with Gasteiger partial charge in [0.1, 0.15) is 0 Å². The third kappa shape index (κ3) is 4.92. The van der Waals surface area contributed by atoms with Crippen LogP contribution in [-0.2, 0) is 4.57 Å². The van der Waals surface area contributed by atoms with Gasteiger partial charge in [-0.05, 0) is 42.5 Å². The first-order valence-corrected chi connectivity index (χ1v) is 9.88. The molecule has 0 saturated carbocycles. The van der Waals surface area contributed by atoms with Crippen molar-refractivity contribution in [3.05, 3.63) is 88.4 Å². The van der Waals surface area contributed by atoms with E-state index in [2.05, 4.69) is 5.09 Å². The van der Waals surface area contributed by atoms with Crippen molar-refractivity contribution in [2.24, 2.45) is 0 Å². The van der Waals surface area contributed by atoms with Gasteiger partial charge in [0.15, 0.2) is 23.1 Å². The molecule has 9 heteroatoms. The molecular weight excluding hydrogens is 418 g/mol. The van der Waals surface area contributed by atoms with Crippen LogP contribution in [0, 0.1) is 11.6 Å². The molecule has 0 aliphatic heterocycles. The van der Waals surface area contributed by atoms with Crippen LogP contribution in [0.1, 0.15) is 0 Å². The molecule has 0 radical (unpaired) electrons. The van der Waals surface area contributed by atoms with E-state index >= 15 is 0 Å². The Bertz CT molecular complexity index is 968. The number of benzene rings is 3. The van der Waals surface area contributed by atoms with Gasteiger partial charge in [0.2, 0.25) is 0 Å². The Morgan fingerprint density at radius 3 is 1.85 bits per heavy atom. The zero-order valence-electron chi connectivity index (χ0n) is 13.5. The summed E-state index contributed by atoms with van der Waals surface area (Å²) in [4.78, 5) is 0. The second kappa shape index (κ2) is 8.17. The highest BCUT2D eigenvalue weighted by molar-refractivity contribution is 7.56. The molecular formula is C18H12Cl2F2NO3P. The van der Waals surface area contributed by atoms with E-state index in [9.17, 15) is 13.3 Å². The Hall–Kier alpha value is -2.27. The van der Waals surface area contributed by atoms with Crippen LogP contribution in [0.4, 0.5) is 14.5 Å². The van der Waals surface area contributed by atoms with Crippen LogP contribution in [-0.4, -0.2) is 0 Å². The summed E-state index contributed by atoms with van der Waals surface area (Å²) >= 11 is 12.0. The van der Waals surface area contributed by atoms with Gasteiger partial charge in [0.05, 0.1) is 10.7 Å². The van der Waals surface area contributed by atoms with Crippen molar-refractivity contribution in [2.45, 2.75) is 0 Å². The Morgan fingerprint density at radius 2 is 1.33 bits per heavy atom. The summed E-state index contributed by atoms with van der Waals surface area (Å²) in [5.74, 6) is -2.23. The third-order valence-electron chi connectivity index (χ3n) is 3.30. The summed E-state index contributed by atoms with van der Waals surface area (Å²) in [5, 5.41) is 2.93. The molecule has 0 aliphatic carbocycles. The van der Waals surface area contributed by atoms with Crippen molar-refractivity contribution >= 4 is 36.6 Å². The Labute approximate surface area is 164 Å². The topological polar surface area (TPSA) is 47.6 Å². The summed E-state index contributed by atoms with van der Waals surface area (Å²) < 4.78 is 51.8. The summed E-state index contributed by atoms with van der Waals surface area (Å²) in [6.45, 7) is 0. The lowest BCUT2D eigenvalue weighted by atomic mass is 10.3. The third-order valence-corrected chi connectivity index (χ3v) is 5.25. The fourth-order valence-corrected chi connectivity index (χ4v) is 3.92. The molecule has 0 unspecified atom stereocenters. The average Bonchev–Trinajstić information content (AvgIpc) is 2.62. The lowest BCUT2D eigenvalue weighted by Gasteiger charge is -2.22. The van der Waals surface area contributed by atoms with E-state index in [-0.39, 0.29) is 22.2 Å². The molecule has 0 fully saturated rings. The molecule has 1 N–H and O–H groups in total. The predicted octanol–water partition coefficient (Wildman–Crippen LogP) is 6.95. The monoisotopic (exact) mass is 429 g/mol. The molecule has 3 aromatic rings. The van der Waals surface area contributed by atoms with E-state index < -0.39 is 19.4 Å². The zero-order chi connectivity index (χ0) is 19.4. The molecule has 140 valence electrons. The number of halogens is 4. The van der Waals surface area contributed by atoms with E-state index in [0.29, 0.717) is 5.02 Å². The van der Waals surface area contributed by atoms with Crippen LogP contribution in [0.2, 0.25) is 10.0 Å². The first-order chi connectivity index (χ1) is 12.9. The molecule has 0 bridgehead atoms. The van der Waals surface area contributed by atoms with Crippen molar-refractivity contribution in [2.75, 3.05) is 5.09 Å². The van der Waals surface area contributed by atoms with E-state index in [1.807, 2.05) is 0 Å². The van der Waals surface area contributed by atoms with Crippen LogP contribution in [0.5, 0.6) is 11.5 Å². The van der Waals surface area contributed by atoms with Crippen molar-refractivity contribution in [3.8, 4) is 11.5 Å². The quantitative estimate of drug-likeness (QED) is 0.430. The lowest BCUT2D eigenvalue weighted by Crippen LogP contribution is -2.11. The second-order valence-corrected chi connectivity index (χ2v) is 7.70. The first kappa shape index (κ1) is 19.5. The number of rotatable bonds is 6. The molecule has 0 aromatic heterocycles. The normalized spacial score (nSPS) is 11.1. The van der Waals surface area contributed by atoms with Gasteiger partial charge in [-0.15, -0.1) is 0 Å². The first-order valence-electron chi connectivity index (χ1n) is 7.58. The number of hydrogen-bond acceptors (Lipinski definition) is 3. The van der Waals surface area contributed by atoms with Gasteiger partial charge >= 0.3 is 7.75 Å². The summed E-state index contributed by atoms with van der Waals surface area (Å²) in [7, 11) is -4.36. The highest BCUT2D eigenvalue weighted by Crippen LogP contribution is 2.50. The fourth-order valence-electron chi connectivity index (χ4n) is 2.09. The minimum absolute atomic E-state index is 0.111. The molecule has 3 aromatic carbocycles. The van der Waals surface area contributed by atoms with E-state index in [1.165, 1.54) is 54.6 Å². The molecule has 0 spiro atoms. The molecule has 27 heavy (non-hydrogen) atoms. The van der Waals surface area contributed by atoms with Crippen molar-refractivity contribution in [1.82, 2.24) is 0 Å². The summed E-state index contributed by atoms with van der Waals surface area (Å²) in [5.41, 5.74) is 0.111. The highest BCUT2D eigenvalue weighted by atomic mass is 35.5. The van der Waals surface area contributed by atoms with E-state index in [1.54, 1.807) is 0 Å². The van der Waals surface area contributed by atoms with Crippen LogP contribution < -0.4 is 14.1 Å². The largest absolute Gasteiger partial charge is 0.541 e. The van der Waals surface area contributed by atoms with Gasteiger partial charge < -0.3 is 9.05 Å². The highest BCUT2D eigenvalue weighted by Gasteiger charge is 2.32. The van der Waals surface area contributed by atoms with Crippen LogP contribution in [0.3, 0.4) is 0 Å². The maximum Gasteiger partial charge on any atom is 0.541 e. The van der Waals surface area contributed by atoms with Crippen molar-refractivity contribution < 1.29 is 22.4 Å². The average molecular weight is 430 g/mol. The Morgan fingerprint density at radius 1 is 0.815 bits per heavy atom. The maximum atomic E-state index is 14.0. The van der Waals surface area contributed by atoms with Crippen LogP contribution in [0.15, 0.2) is 66.7 Å². The SMILES string of the molecule is O=P(Nc1cc(Cl)ccc1Cl)(Oc1ccccc1F)Oc1ccccc1F. The Kier molecular flexibility index (Phi) is 5.90. The number of para-hydroxylation sites is 2. The van der Waals surface area contributed by atoms with Gasteiger partial charge in [-0.2, -0.15) is 0 Å². The zero-order valence-corrected chi connectivity index (χ0v) is 15.9. The number of hydrogen-bond donors (Lipinski definition) is 1. The van der Waals surface area contributed by atoms with Gasteiger partial charge in [0, 0.05) is 5.02 Å². The molecule has 0 heterocycles. The molecule has 0 amide bonds. The van der Waals surface area contributed by atoms with Gasteiger partial charge in [0.25, 0.3) is 0 Å². The smallest absolute Gasteiger partial charge is 0.397 e. The Balaban J connectivity index is 2.00. The predicted molar refractivity (Wildman–Crippen MR) is 102 cm³/mol. The minimum Gasteiger partial charge on any atom is -0.397 e. The van der Waals surface area contributed by atoms with Gasteiger partial charge in [-0.3, -0.25) is 5.09 Å². The second-order valence-electron chi connectivity index (χ2n) is 5.28. The summed E-state index contributed by atoms with van der Waals surface area (Å²) in [6, 6.07) is 15.0. The van der Waals surface area contributed by atoms with E-state index in [0.717, 1.165) is 12.1 Å². The van der Waals surface area contributed by atoms with Crippen molar-refractivity contribution in [3.63, 3.8) is 0 Å². The standard InChI is InChI=1S/C18H12Cl2F2NO3P/c19-12-9-10-13(20)16(11-12)23-27(24,25-17-7-3-1-5-14(17)21)26-18-8-4-2-6-15(18)22/h1-11H,(H,23,24). The number of nitrogens with one attached hydrogen (secondary N) is 1. The van der Waals surface area contributed by atoms with Gasteiger partial charge in [-0.25, -0.2) is 13.3 Å². The van der Waals surface area contributed by atoms with Crippen LogP contribution >= 0.6 is 30.9 Å². The summed E-state index contributed by atoms with van der Waals surface area (Å²) in [6.07, 6.45) is 0. The van der Waals surface area contributed by atoms with Crippen LogP contribution in [0.25, 0.3) is 0 Å². The molecule has 4 nitrogen and oxygen atoms in total. The molecule has 3 rings (SSSR count). The van der Waals surface area contributed by atoms with Gasteiger partial charge in [-0.1, -0.05) is 47.5 Å². The lowest BCUT2D eigenvalue weighted by molar-refractivity contribution is 0.373.